The number of esters is 1. The van der Waals surface area contributed by atoms with Crippen LogP contribution in [0.25, 0.3) is 11.0 Å². The van der Waals surface area contributed by atoms with Gasteiger partial charge in [-0.25, -0.2) is 9.78 Å². The second kappa shape index (κ2) is 5.98. The van der Waals surface area contributed by atoms with Crippen LogP contribution in [0.15, 0.2) is 23.6 Å². The Morgan fingerprint density at radius 2 is 2.14 bits per heavy atom. The van der Waals surface area contributed by atoms with Gasteiger partial charge in [-0.1, -0.05) is 6.07 Å². The van der Waals surface area contributed by atoms with Crippen LogP contribution in [0.4, 0.5) is 0 Å². The number of carbonyl (C=O) groups excluding carboxylic acids is 1. The molecule has 0 aliphatic carbocycles. The standard InChI is InChI=1S/C13H12N4O3S/c1-19-6-12-14-11(7-21-12)13(18)20-5-8-2-3-9-10(4-8)16-17-15-9/h2-4,7H,5-6H2,1H3,(H,15,16,17). The molecule has 0 saturated heterocycles. The molecule has 0 aliphatic rings. The molecule has 108 valence electrons. The Hall–Kier alpha value is -2.32. The van der Waals surface area contributed by atoms with E-state index in [1.165, 1.54) is 11.3 Å². The quantitative estimate of drug-likeness (QED) is 0.724. The van der Waals surface area contributed by atoms with E-state index in [0.29, 0.717) is 12.3 Å². The fourth-order valence-electron chi connectivity index (χ4n) is 1.79. The second-order valence-corrected chi connectivity index (χ2v) is 5.22. The highest BCUT2D eigenvalue weighted by atomic mass is 32.1. The van der Waals surface area contributed by atoms with Gasteiger partial charge >= 0.3 is 5.97 Å². The number of H-pyrrole nitrogens is 1. The molecule has 0 spiro atoms. The molecule has 0 atom stereocenters. The molecule has 0 fully saturated rings. The van der Waals surface area contributed by atoms with Crippen LogP contribution in [0.5, 0.6) is 0 Å². The first-order valence-corrected chi connectivity index (χ1v) is 7.04. The lowest BCUT2D eigenvalue weighted by atomic mass is 10.2. The molecule has 0 radical (unpaired) electrons. The number of carbonyl (C=O) groups is 1. The third-order valence-electron chi connectivity index (χ3n) is 2.78. The van der Waals surface area contributed by atoms with E-state index in [0.717, 1.165) is 21.6 Å². The highest BCUT2D eigenvalue weighted by molar-refractivity contribution is 7.09. The Balaban J connectivity index is 1.64. The number of hydrogen-bond donors (Lipinski definition) is 1. The molecule has 8 heteroatoms. The molecule has 21 heavy (non-hydrogen) atoms. The van der Waals surface area contributed by atoms with Crippen molar-refractivity contribution in [1.82, 2.24) is 20.4 Å². The van der Waals surface area contributed by atoms with Gasteiger partial charge in [0.25, 0.3) is 0 Å². The molecular formula is C13H12N4O3S. The summed E-state index contributed by atoms with van der Waals surface area (Å²) in [6, 6.07) is 5.49. The van der Waals surface area contributed by atoms with Gasteiger partial charge in [0.05, 0.1) is 6.61 Å². The molecule has 7 nitrogen and oxygen atoms in total. The fourth-order valence-corrected chi connectivity index (χ4v) is 2.53. The third kappa shape index (κ3) is 3.06. The van der Waals surface area contributed by atoms with E-state index < -0.39 is 5.97 Å². The van der Waals surface area contributed by atoms with Gasteiger partial charge < -0.3 is 9.47 Å². The first kappa shape index (κ1) is 13.7. The molecule has 0 bridgehead atoms. The van der Waals surface area contributed by atoms with Gasteiger partial charge in [0, 0.05) is 12.5 Å². The summed E-state index contributed by atoms with van der Waals surface area (Å²) in [7, 11) is 1.58. The van der Waals surface area contributed by atoms with Crippen molar-refractivity contribution in [2.75, 3.05) is 7.11 Å². The van der Waals surface area contributed by atoms with Crippen LogP contribution in [-0.4, -0.2) is 33.5 Å². The first-order chi connectivity index (χ1) is 10.3. The number of aromatic amines is 1. The summed E-state index contributed by atoms with van der Waals surface area (Å²) < 4.78 is 10.2. The van der Waals surface area contributed by atoms with Gasteiger partial charge in [-0.3, -0.25) is 0 Å². The normalized spacial score (nSPS) is 10.9. The zero-order valence-electron chi connectivity index (χ0n) is 11.2. The number of nitrogens with one attached hydrogen (secondary N) is 1. The SMILES string of the molecule is COCc1nc(C(=O)OCc2ccc3n[nH]nc3c2)cs1. The summed E-state index contributed by atoms with van der Waals surface area (Å²) >= 11 is 1.37. The number of hydrogen-bond acceptors (Lipinski definition) is 7. The maximum absolute atomic E-state index is 11.9. The predicted molar refractivity (Wildman–Crippen MR) is 75.8 cm³/mol. The summed E-state index contributed by atoms with van der Waals surface area (Å²) in [6.07, 6.45) is 0. The Morgan fingerprint density at radius 3 is 3.00 bits per heavy atom. The largest absolute Gasteiger partial charge is 0.456 e. The van der Waals surface area contributed by atoms with Gasteiger partial charge in [-0.05, 0) is 17.7 Å². The van der Waals surface area contributed by atoms with Crippen molar-refractivity contribution in [2.24, 2.45) is 0 Å². The third-order valence-corrected chi connectivity index (χ3v) is 3.60. The summed E-state index contributed by atoms with van der Waals surface area (Å²) in [5.41, 5.74) is 2.65. The first-order valence-electron chi connectivity index (χ1n) is 6.16. The number of aromatic nitrogens is 4. The lowest BCUT2D eigenvalue weighted by molar-refractivity contribution is 0.0466. The fraction of sp³-hybridized carbons (Fsp3) is 0.231. The zero-order valence-corrected chi connectivity index (χ0v) is 12.0. The summed E-state index contributed by atoms with van der Waals surface area (Å²) in [4.78, 5) is 16.0. The van der Waals surface area contributed by atoms with Crippen LogP contribution in [0.2, 0.25) is 0 Å². The summed E-state index contributed by atoms with van der Waals surface area (Å²) in [5.74, 6) is -0.450. The topological polar surface area (TPSA) is 90.0 Å². The Labute approximate surface area is 123 Å². The summed E-state index contributed by atoms with van der Waals surface area (Å²) in [6.45, 7) is 0.555. The van der Waals surface area contributed by atoms with E-state index >= 15 is 0 Å². The van der Waals surface area contributed by atoms with Crippen LogP contribution in [-0.2, 0) is 22.7 Å². The van der Waals surface area contributed by atoms with Crippen LogP contribution in [0.3, 0.4) is 0 Å². The zero-order chi connectivity index (χ0) is 14.7. The van der Waals surface area contributed by atoms with Gasteiger partial charge in [-0.15, -0.1) is 11.3 Å². The average Bonchev–Trinajstić information content (AvgIpc) is 3.13. The molecule has 0 unspecified atom stereocenters. The van der Waals surface area contributed by atoms with Crippen LogP contribution in [0, 0.1) is 0 Å². The smallest absolute Gasteiger partial charge is 0.358 e. The number of rotatable bonds is 5. The van der Waals surface area contributed by atoms with Crippen molar-refractivity contribution >= 4 is 28.3 Å². The summed E-state index contributed by atoms with van der Waals surface area (Å²) in [5, 5.41) is 12.9. The maximum atomic E-state index is 11.9. The van der Waals surface area contributed by atoms with Gasteiger partial charge in [0.2, 0.25) is 0 Å². The number of thiazole rings is 1. The van der Waals surface area contributed by atoms with Crippen molar-refractivity contribution in [3.05, 3.63) is 39.8 Å². The van der Waals surface area contributed by atoms with E-state index in [9.17, 15) is 4.79 Å². The van der Waals surface area contributed by atoms with Gasteiger partial charge in [-0.2, -0.15) is 15.4 Å². The number of benzene rings is 1. The molecule has 3 aromatic rings. The minimum atomic E-state index is -0.450. The maximum Gasteiger partial charge on any atom is 0.358 e. The molecule has 2 aromatic heterocycles. The van der Waals surface area contributed by atoms with Crippen molar-refractivity contribution < 1.29 is 14.3 Å². The predicted octanol–water partition coefficient (Wildman–Crippen LogP) is 1.92. The van der Waals surface area contributed by atoms with E-state index in [2.05, 4.69) is 20.4 Å². The number of ether oxygens (including phenoxy) is 2. The van der Waals surface area contributed by atoms with E-state index in [-0.39, 0.29) is 6.61 Å². The molecule has 0 aliphatic heterocycles. The van der Waals surface area contributed by atoms with Gasteiger partial charge in [0.15, 0.2) is 5.69 Å². The molecule has 3 rings (SSSR count). The number of methoxy groups -OCH3 is 1. The van der Waals surface area contributed by atoms with E-state index in [4.69, 9.17) is 9.47 Å². The van der Waals surface area contributed by atoms with Crippen molar-refractivity contribution in [3.8, 4) is 0 Å². The monoisotopic (exact) mass is 304 g/mol. The Bertz CT molecular complexity index is 767. The Morgan fingerprint density at radius 1 is 1.29 bits per heavy atom. The van der Waals surface area contributed by atoms with Crippen molar-refractivity contribution in [1.29, 1.82) is 0 Å². The van der Waals surface area contributed by atoms with Crippen LogP contribution >= 0.6 is 11.3 Å². The van der Waals surface area contributed by atoms with Crippen molar-refractivity contribution in [2.45, 2.75) is 13.2 Å². The second-order valence-electron chi connectivity index (χ2n) is 4.28. The highest BCUT2D eigenvalue weighted by Crippen LogP contribution is 2.14. The molecule has 0 amide bonds. The van der Waals surface area contributed by atoms with E-state index in [1.54, 1.807) is 12.5 Å². The molecule has 1 N–H and O–H groups in total. The lowest BCUT2D eigenvalue weighted by Crippen LogP contribution is -2.06. The lowest BCUT2D eigenvalue weighted by Gasteiger charge is -2.02. The average molecular weight is 304 g/mol. The molecular weight excluding hydrogens is 292 g/mol. The molecule has 2 heterocycles. The Kier molecular flexibility index (Phi) is 3.89. The van der Waals surface area contributed by atoms with Crippen LogP contribution < -0.4 is 0 Å². The van der Waals surface area contributed by atoms with Crippen molar-refractivity contribution in [3.63, 3.8) is 0 Å². The number of nitrogens with zero attached hydrogens (tertiary/aromatic N) is 3. The van der Waals surface area contributed by atoms with Crippen LogP contribution in [0.1, 0.15) is 21.1 Å². The van der Waals surface area contributed by atoms with Gasteiger partial charge in [0.1, 0.15) is 22.6 Å². The highest BCUT2D eigenvalue weighted by Gasteiger charge is 2.12. The molecule has 0 saturated carbocycles. The number of fused-ring (bicyclic) bond motifs is 1. The molecule has 1 aromatic carbocycles. The minimum absolute atomic E-state index is 0.165. The minimum Gasteiger partial charge on any atom is -0.456 e. The van der Waals surface area contributed by atoms with E-state index in [1.807, 2.05) is 18.2 Å².